The highest BCUT2D eigenvalue weighted by atomic mass is 16.5. The molecule has 0 aromatic heterocycles. The van der Waals surface area contributed by atoms with E-state index in [0.29, 0.717) is 0 Å². The van der Waals surface area contributed by atoms with Crippen LogP contribution in [-0.4, -0.2) is 37.2 Å². The summed E-state index contributed by atoms with van der Waals surface area (Å²) in [5.74, 6) is 0. The quantitative estimate of drug-likeness (QED) is 0.871. The summed E-state index contributed by atoms with van der Waals surface area (Å²) in [4.78, 5) is 2.49. The Morgan fingerprint density at radius 3 is 2.44 bits per heavy atom. The minimum atomic E-state index is 0.198. The normalized spacial score (nSPS) is 21.9. The first-order valence-corrected chi connectivity index (χ1v) is 6.65. The standard InChI is InChI=1S/C15H24N2O/c1-15(2,3)17-9-10-18-14(11-17)12-5-7-13(16-4)8-6-12/h5-8,14,16H,9-11H2,1-4H3. The molecule has 3 heteroatoms. The van der Waals surface area contributed by atoms with Crippen LogP contribution in [0.1, 0.15) is 32.4 Å². The Morgan fingerprint density at radius 2 is 1.89 bits per heavy atom. The van der Waals surface area contributed by atoms with Gasteiger partial charge >= 0.3 is 0 Å². The molecule has 2 rings (SSSR count). The van der Waals surface area contributed by atoms with Crippen molar-refractivity contribution in [3.63, 3.8) is 0 Å². The Bertz CT molecular complexity index is 380. The van der Waals surface area contributed by atoms with E-state index in [0.717, 1.165) is 25.4 Å². The van der Waals surface area contributed by atoms with Crippen LogP contribution in [0.15, 0.2) is 24.3 Å². The second-order valence-electron chi connectivity index (χ2n) is 5.85. The molecule has 1 heterocycles. The highest BCUT2D eigenvalue weighted by Gasteiger charge is 2.28. The first-order chi connectivity index (χ1) is 8.50. The van der Waals surface area contributed by atoms with Crippen molar-refractivity contribution in [2.24, 2.45) is 0 Å². The summed E-state index contributed by atoms with van der Waals surface area (Å²) in [6.07, 6.45) is 0.198. The monoisotopic (exact) mass is 248 g/mol. The zero-order valence-corrected chi connectivity index (χ0v) is 11.9. The molecule has 1 atom stereocenters. The maximum Gasteiger partial charge on any atom is 0.0952 e. The molecular formula is C15H24N2O. The van der Waals surface area contributed by atoms with Crippen molar-refractivity contribution in [3.05, 3.63) is 29.8 Å². The van der Waals surface area contributed by atoms with Crippen molar-refractivity contribution in [2.45, 2.75) is 32.4 Å². The molecule has 0 amide bonds. The molecule has 0 saturated carbocycles. The van der Waals surface area contributed by atoms with Crippen molar-refractivity contribution in [1.29, 1.82) is 0 Å². The van der Waals surface area contributed by atoms with Crippen LogP contribution < -0.4 is 5.32 Å². The third-order valence-electron chi connectivity index (χ3n) is 3.59. The molecule has 100 valence electrons. The van der Waals surface area contributed by atoms with Crippen LogP contribution >= 0.6 is 0 Å². The van der Waals surface area contributed by atoms with E-state index < -0.39 is 0 Å². The van der Waals surface area contributed by atoms with E-state index in [1.54, 1.807) is 0 Å². The second-order valence-corrected chi connectivity index (χ2v) is 5.85. The van der Waals surface area contributed by atoms with Crippen LogP contribution in [0.5, 0.6) is 0 Å². The van der Waals surface area contributed by atoms with Gasteiger partial charge in [-0.05, 0) is 38.5 Å². The fourth-order valence-corrected chi connectivity index (χ4v) is 2.32. The van der Waals surface area contributed by atoms with Crippen LogP contribution in [0.3, 0.4) is 0 Å². The molecule has 1 fully saturated rings. The smallest absolute Gasteiger partial charge is 0.0952 e. The average Bonchev–Trinajstić information content (AvgIpc) is 2.38. The van der Waals surface area contributed by atoms with Crippen LogP contribution in [-0.2, 0) is 4.74 Å². The molecule has 1 aliphatic heterocycles. The molecule has 0 radical (unpaired) electrons. The summed E-state index contributed by atoms with van der Waals surface area (Å²) >= 11 is 0. The van der Waals surface area contributed by atoms with Gasteiger partial charge in [0.2, 0.25) is 0 Å². The van der Waals surface area contributed by atoms with E-state index in [9.17, 15) is 0 Å². The minimum absolute atomic E-state index is 0.198. The first-order valence-electron chi connectivity index (χ1n) is 6.65. The maximum absolute atomic E-state index is 5.90. The molecule has 3 nitrogen and oxygen atoms in total. The van der Waals surface area contributed by atoms with Crippen LogP contribution in [0.2, 0.25) is 0 Å². The molecule has 1 saturated heterocycles. The van der Waals surface area contributed by atoms with Crippen molar-refractivity contribution >= 4 is 5.69 Å². The fraction of sp³-hybridized carbons (Fsp3) is 0.600. The number of nitrogens with zero attached hydrogens (tertiary/aromatic N) is 1. The molecular weight excluding hydrogens is 224 g/mol. The molecule has 0 spiro atoms. The Hall–Kier alpha value is -1.06. The van der Waals surface area contributed by atoms with Crippen molar-refractivity contribution in [1.82, 2.24) is 4.90 Å². The van der Waals surface area contributed by atoms with E-state index in [-0.39, 0.29) is 11.6 Å². The molecule has 1 unspecified atom stereocenters. The molecule has 1 aliphatic rings. The largest absolute Gasteiger partial charge is 0.388 e. The zero-order valence-electron chi connectivity index (χ0n) is 11.9. The lowest BCUT2D eigenvalue weighted by molar-refractivity contribution is -0.0596. The lowest BCUT2D eigenvalue weighted by Crippen LogP contribution is -2.48. The zero-order chi connectivity index (χ0) is 13.2. The van der Waals surface area contributed by atoms with Gasteiger partial charge in [0.25, 0.3) is 0 Å². The van der Waals surface area contributed by atoms with Gasteiger partial charge in [-0.2, -0.15) is 0 Å². The number of anilines is 1. The fourth-order valence-electron chi connectivity index (χ4n) is 2.32. The SMILES string of the molecule is CNc1ccc(C2CN(C(C)(C)C)CCO2)cc1. The average molecular weight is 248 g/mol. The number of hydrogen-bond donors (Lipinski definition) is 1. The van der Waals surface area contributed by atoms with Gasteiger partial charge in [0.1, 0.15) is 0 Å². The summed E-state index contributed by atoms with van der Waals surface area (Å²) in [6.45, 7) is 9.60. The second kappa shape index (κ2) is 5.29. The van der Waals surface area contributed by atoms with E-state index in [1.165, 1.54) is 5.56 Å². The molecule has 1 aromatic rings. The maximum atomic E-state index is 5.90. The Balaban J connectivity index is 2.08. The van der Waals surface area contributed by atoms with Gasteiger partial charge in [-0.25, -0.2) is 0 Å². The van der Waals surface area contributed by atoms with Crippen LogP contribution in [0.4, 0.5) is 5.69 Å². The first kappa shape index (κ1) is 13.4. The van der Waals surface area contributed by atoms with Crippen molar-refractivity contribution < 1.29 is 4.74 Å². The van der Waals surface area contributed by atoms with E-state index in [1.807, 2.05) is 7.05 Å². The molecule has 1 aromatic carbocycles. The molecule has 1 N–H and O–H groups in total. The summed E-state index contributed by atoms with van der Waals surface area (Å²) in [7, 11) is 1.94. The van der Waals surface area contributed by atoms with Gasteiger partial charge in [-0.15, -0.1) is 0 Å². The van der Waals surface area contributed by atoms with Gasteiger partial charge in [-0.3, -0.25) is 4.90 Å². The van der Waals surface area contributed by atoms with Gasteiger partial charge in [0, 0.05) is 31.4 Å². The molecule has 18 heavy (non-hydrogen) atoms. The summed E-state index contributed by atoms with van der Waals surface area (Å²) in [5.41, 5.74) is 2.62. The van der Waals surface area contributed by atoms with Crippen molar-refractivity contribution in [3.8, 4) is 0 Å². The Kier molecular flexibility index (Phi) is 3.93. The predicted octanol–water partition coefficient (Wildman–Crippen LogP) is 2.90. The lowest BCUT2D eigenvalue weighted by atomic mass is 10.0. The number of hydrogen-bond acceptors (Lipinski definition) is 3. The number of benzene rings is 1. The third-order valence-corrected chi connectivity index (χ3v) is 3.59. The van der Waals surface area contributed by atoms with Crippen LogP contribution in [0, 0.1) is 0 Å². The number of nitrogens with one attached hydrogen (secondary N) is 1. The van der Waals surface area contributed by atoms with Gasteiger partial charge in [0.15, 0.2) is 0 Å². The van der Waals surface area contributed by atoms with E-state index >= 15 is 0 Å². The summed E-state index contributed by atoms with van der Waals surface area (Å²) in [5, 5.41) is 3.14. The highest BCUT2D eigenvalue weighted by Crippen LogP contribution is 2.27. The number of morpholine rings is 1. The molecule has 0 aliphatic carbocycles. The topological polar surface area (TPSA) is 24.5 Å². The van der Waals surface area contributed by atoms with Gasteiger partial charge in [0.05, 0.1) is 12.7 Å². The highest BCUT2D eigenvalue weighted by molar-refractivity contribution is 5.44. The Morgan fingerprint density at radius 1 is 1.22 bits per heavy atom. The summed E-state index contributed by atoms with van der Waals surface area (Å²) in [6, 6.07) is 8.52. The van der Waals surface area contributed by atoms with E-state index in [2.05, 4.69) is 55.3 Å². The minimum Gasteiger partial charge on any atom is -0.388 e. The lowest BCUT2D eigenvalue weighted by Gasteiger charge is -2.41. The van der Waals surface area contributed by atoms with Crippen molar-refractivity contribution in [2.75, 3.05) is 32.1 Å². The number of ether oxygens (including phenoxy) is 1. The van der Waals surface area contributed by atoms with Gasteiger partial charge in [-0.1, -0.05) is 12.1 Å². The van der Waals surface area contributed by atoms with Crippen LogP contribution in [0.25, 0.3) is 0 Å². The summed E-state index contributed by atoms with van der Waals surface area (Å²) < 4.78 is 5.90. The molecule has 0 bridgehead atoms. The third kappa shape index (κ3) is 3.03. The Labute approximate surface area is 110 Å². The van der Waals surface area contributed by atoms with E-state index in [4.69, 9.17) is 4.74 Å². The number of rotatable bonds is 2. The van der Waals surface area contributed by atoms with Gasteiger partial charge < -0.3 is 10.1 Å². The predicted molar refractivity (Wildman–Crippen MR) is 76.0 cm³/mol.